The summed E-state index contributed by atoms with van der Waals surface area (Å²) in [5, 5.41) is 0. The second-order valence-electron chi connectivity index (χ2n) is 7.76. The van der Waals surface area contributed by atoms with Crippen molar-refractivity contribution in [3.05, 3.63) is 103 Å². The summed E-state index contributed by atoms with van der Waals surface area (Å²) < 4.78 is 21.4. The van der Waals surface area contributed by atoms with Gasteiger partial charge in [0.15, 0.2) is 0 Å². The highest BCUT2D eigenvalue weighted by Crippen LogP contribution is 2.27. The van der Waals surface area contributed by atoms with Crippen LogP contribution in [0, 0.1) is 0 Å². The summed E-state index contributed by atoms with van der Waals surface area (Å²) in [4.78, 5) is 35.5. The van der Waals surface area contributed by atoms with E-state index in [0.29, 0.717) is 34.2 Å². The number of carbonyl (C=O) groups excluding carboxylic acids is 3. The summed E-state index contributed by atoms with van der Waals surface area (Å²) in [5.41, 5.74) is 2.26. The first-order chi connectivity index (χ1) is 16.6. The van der Waals surface area contributed by atoms with E-state index in [-0.39, 0.29) is 11.1 Å². The molecule has 0 saturated carbocycles. The molecule has 3 aromatic rings. The van der Waals surface area contributed by atoms with Gasteiger partial charge < -0.3 is 18.6 Å². The first-order valence-corrected chi connectivity index (χ1v) is 10.6. The van der Waals surface area contributed by atoms with Crippen LogP contribution in [-0.4, -0.2) is 17.9 Å². The number of hydrogen-bond donors (Lipinski definition) is 0. The summed E-state index contributed by atoms with van der Waals surface area (Å²) in [6.07, 6.45) is 1.31. The van der Waals surface area contributed by atoms with E-state index in [1.165, 1.54) is 30.5 Å². The predicted octanol–water partition coefficient (Wildman–Crippen LogP) is 6.13. The zero-order valence-corrected chi connectivity index (χ0v) is 19.6. The van der Waals surface area contributed by atoms with Crippen LogP contribution in [0.2, 0.25) is 0 Å². The van der Waals surface area contributed by atoms with Gasteiger partial charge in [-0.15, -0.1) is 0 Å². The van der Waals surface area contributed by atoms with Gasteiger partial charge in [-0.1, -0.05) is 13.2 Å². The Bertz CT molecular complexity index is 1310. The smallest absolute Gasteiger partial charge is 0.342 e. The maximum absolute atomic E-state index is 12.3. The second-order valence-corrected chi connectivity index (χ2v) is 7.76. The van der Waals surface area contributed by atoms with E-state index < -0.39 is 17.9 Å². The van der Waals surface area contributed by atoms with Crippen molar-refractivity contribution in [1.29, 1.82) is 0 Å². The molecule has 0 radical (unpaired) electrons. The molecule has 2 aromatic carbocycles. The van der Waals surface area contributed by atoms with E-state index in [1.54, 1.807) is 57.2 Å². The Labute approximate surface area is 202 Å². The molecule has 3 rings (SSSR count). The summed E-state index contributed by atoms with van der Waals surface area (Å²) in [6, 6.07) is 16.4. The van der Waals surface area contributed by atoms with Gasteiger partial charge in [-0.3, -0.25) is 0 Å². The van der Waals surface area contributed by atoms with Gasteiger partial charge in [0, 0.05) is 22.3 Å². The number of allylic oxidation sites excluding steroid dienone is 1. The number of esters is 3. The molecule has 35 heavy (non-hydrogen) atoms. The molecule has 7 nitrogen and oxygen atoms in total. The molecule has 0 saturated heterocycles. The van der Waals surface area contributed by atoms with E-state index in [2.05, 4.69) is 13.2 Å². The van der Waals surface area contributed by atoms with Crippen LogP contribution in [0.1, 0.15) is 36.9 Å². The Morgan fingerprint density at radius 1 is 0.743 bits per heavy atom. The second kappa shape index (κ2) is 11.0. The molecule has 0 amide bonds. The lowest BCUT2D eigenvalue weighted by atomic mass is 10.1. The minimum atomic E-state index is -0.575. The Kier molecular flexibility index (Phi) is 7.84. The van der Waals surface area contributed by atoms with Crippen molar-refractivity contribution in [2.75, 3.05) is 0 Å². The van der Waals surface area contributed by atoms with Gasteiger partial charge >= 0.3 is 17.9 Å². The molecule has 0 fully saturated rings. The number of rotatable bonds is 8. The van der Waals surface area contributed by atoms with E-state index in [0.717, 1.165) is 5.56 Å². The molecular formula is C28H24O7. The maximum Gasteiger partial charge on any atom is 0.342 e. The molecule has 1 heterocycles. The van der Waals surface area contributed by atoms with E-state index in [9.17, 15) is 14.4 Å². The van der Waals surface area contributed by atoms with Crippen molar-refractivity contribution < 1.29 is 33.0 Å². The Morgan fingerprint density at radius 2 is 1.26 bits per heavy atom. The van der Waals surface area contributed by atoms with Crippen LogP contribution in [-0.2, 0) is 14.3 Å². The molecule has 0 unspecified atom stereocenters. The van der Waals surface area contributed by atoms with Crippen molar-refractivity contribution in [1.82, 2.24) is 0 Å². The first-order valence-electron chi connectivity index (χ1n) is 10.6. The van der Waals surface area contributed by atoms with Crippen LogP contribution >= 0.6 is 0 Å². The zero-order chi connectivity index (χ0) is 25.5. The van der Waals surface area contributed by atoms with Gasteiger partial charge in [-0.2, -0.15) is 0 Å². The number of benzene rings is 2. The van der Waals surface area contributed by atoms with Crippen LogP contribution in [0.4, 0.5) is 0 Å². The Hall–Kier alpha value is -4.65. The number of furan rings is 1. The molecule has 0 aliphatic carbocycles. The van der Waals surface area contributed by atoms with Gasteiger partial charge in [-0.05, 0) is 81.4 Å². The minimum absolute atomic E-state index is 0.274. The highest BCUT2D eigenvalue weighted by Gasteiger charge is 2.12. The Balaban J connectivity index is 1.62. The van der Waals surface area contributed by atoms with Crippen LogP contribution in [0.25, 0.3) is 16.9 Å². The minimum Gasteiger partial charge on any atom is -0.456 e. The van der Waals surface area contributed by atoms with Gasteiger partial charge in [-0.25, -0.2) is 14.4 Å². The van der Waals surface area contributed by atoms with Crippen LogP contribution < -0.4 is 9.47 Å². The number of carbonyl (C=O) groups is 3. The average molecular weight is 472 g/mol. The Morgan fingerprint density at radius 3 is 1.77 bits per heavy atom. The fourth-order valence-corrected chi connectivity index (χ4v) is 2.71. The van der Waals surface area contributed by atoms with Gasteiger partial charge in [0.05, 0.1) is 5.56 Å². The third-order valence-corrected chi connectivity index (χ3v) is 4.68. The van der Waals surface area contributed by atoms with Crippen molar-refractivity contribution in [2.45, 2.75) is 20.8 Å². The topological polar surface area (TPSA) is 92.0 Å². The summed E-state index contributed by atoms with van der Waals surface area (Å²) in [5.74, 6) is 0.206. The van der Waals surface area contributed by atoms with Crippen LogP contribution in [0.15, 0.2) is 95.6 Å². The molecule has 0 spiro atoms. The van der Waals surface area contributed by atoms with Crippen molar-refractivity contribution in [2.24, 2.45) is 0 Å². The largest absolute Gasteiger partial charge is 0.456 e. The molecule has 0 atom stereocenters. The lowest BCUT2D eigenvalue weighted by Crippen LogP contribution is -2.08. The normalized spacial score (nSPS) is 10.9. The summed E-state index contributed by atoms with van der Waals surface area (Å²) in [7, 11) is 0. The van der Waals surface area contributed by atoms with Crippen molar-refractivity contribution in [3.63, 3.8) is 0 Å². The molecule has 0 aliphatic heterocycles. The van der Waals surface area contributed by atoms with E-state index in [4.69, 9.17) is 18.6 Å². The molecule has 0 bridgehead atoms. The lowest BCUT2D eigenvalue weighted by molar-refractivity contribution is -0.130. The quantitative estimate of drug-likeness (QED) is 0.169. The number of ether oxygens (including phenoxy) is 3. The molecule has 1 aromatic heterocycles. The fraction of sp³-hybridized carbons (Fsp3) is 0.107. The van der Waals surface area contributed by atoms with Crippen LogP contribution in [0.3, 0.4) is 0 Å². The zero-order valence-electron chi connectivity index (χ0n) is 19.6. The molecular weight excluding hydrogens is 448 g/mol. The summed E-state index contributed by atoms with van der Waals surface area (Å²) >= 11 is 0. The predicted molar refractivity (Wildman–Crippen MR) is 131 cm³/mol. The van der Waals surface area contributed by atoms with Gasteiger partial charge in [0.25, 0.3) is 0 Å². The highest BCUT2D eigenvalue weighted by molar-refractivity contribution is 5.91. The summed E-state index contributed by atoms with van der Waals surface area (Å²) in [6.45, 7) is 11.9. The standard InChI is InChI=1S/C28H24O7/c1-17(2)26(29)33-22-10-6-20(7-11-22)25-15-14-24(35-25)19(5)16-32-28(31)21-8-12-23(13-9-21)34-27(30)18(3)4/h6-16H,1,3H2,2,4-5H3. The maximum atomic E-state index is 12.3. The SMILES string of the molecule is C=C(C)C(=O)Oc1ccc(C(=O)OC=C(C)c2ccc(-c3ccc(OC(=O)C(=C)C)cc3)o2)cc1. The third kappa shape index (κ3) is 6.68. The van der Waals surface area contributed by atoms with Crippen molar-refractivity contribution in [3.8, 4) is 22.8 Å². The van der Waals surface area contributed by atoms with Gasteiger partial charge in [0.1, 0.15) is 29.3 Å². The lowest BCUT2D eigenvalue weighted by Gasteiger charge is -2.05. The molecule has 7 heteroatoms. The average Bonchev–Trinajstić information content (AvgIpc) is 3.33. The fourth-order valence-electron chi connectivity index (χ4n) is 2.71. The van der Waals surface area contributed by atoms with E-state index in [1.807, 2.05) is 0 Å². The van der Waals surface area contributed by atoms with Crippen molar-refractivity contribution >= 4 is 23.5 Å². The molecule has 0 aliphatic rings. The monoisotopic (exact) mass is 472 g/mol. The van der Waals surface area contributed by atoms with E-state index >= 15 is 0 Å². The first kappa shape index (κ1) is 25.0. The number of hydrogen-bond acceptors (Lipinski definition) is 7. The van der Waals surface area contributed by atoms with Crippen LogP contribution in [0.5, 0.6) is 11.5 Å². The highest BCUT2D eigenvalue weighted by atomic mass is 16.5. The molecule has 0 N–H and O–H groups in total. The third-order valence-electron chi connectivity index (χ3n) is 4.68. The van der Waals surface area contributed by atoms with Gasteiger partial charge in [0.2, 0.25) is 0 Å². The molecule has 178 valence electrons.